The van der Waals surface area contributed by atoms with Crippen LogP contribution in [0.1, 0.15) is 12.5 Å². The first-order chi connectivity index (χ1) is 9.96. The number of fused-ring (bicyclic) bond motifs is 1. The lowest BCUT2D eigenvalue weighted by Gasteiger charge is -2.20. The fourth-order valence-corrected chi connectivity index (χ4v) is 5.42. The van der Waals surface area contributed by atoms with Gasteiger partial charge in [0.2, 0.25) is 0 Å². The maximum atomic E-state index is 12.7. The normalized spacial score (nSPS) is 19.6. The van der Waals surface area contributed by atoms with Crippen LogP contribution < -0.4 is 4.74 Å². The third-order valence-electron chi connectivity index (χ3n) is 3.25. The van der Waals surface area contributed by atoms with Crippen LogP contribution in [-0.2, 0) is 16.6 Å². The fourth-order valence-electron chi connectivity index (χ4n) is 2.29. The van der Waals surface area contributed by atoms with Crippen LogP contribution in [-0.4, -0.2) is 25.4 Å². The van der Waals surface area contributed by atoms with Crippen molar-refractivity contribution in [3.05, 3.63) is 46.3 Å². The van der Waals surface area contributed by atoms with E-state index in [1.54, 1.807) is 12.1 Å². The highest BCUT2D eigenvalue weighted by atomic mass is 35.5. The second kappa shape index (κ2) is 5.61. The van der Waals surface area contributed by atoms with Gasteiger partial charge < -0.3 is 4.74 Å². The third kappa shape index (κ3) is 2.94. The van der Waals surface area contributed by atoms with E-state index in [0.29, 0.717) is 17.4 Å². The number of nitrogens with zero attached hydrogens (tertiary/aromatic N) is 1. The summed E-state index contributed by atoms with van der Waals surface area (Å²) >= 11 is 6.93. The Kier molecular flexibility index (Phi) is 3.96. The Morgan fingerprint density at radius 3 is 2.76 bits per heavy atom. The number of thiophene rings is 1. The minimum absolute atomic E-state index is 0.209. The Morgan fingerprint density at radius 1 is 1.29 bits per heavy atom. The van der Waals surface area contributed by atoms with Crippen LogP contribution in [0.3, 0.4) is 0 Å². The lowest BCUT2D eigenvalue weighted by molar-refractivity contribution is 0.201. The van der Waals surface area contributed by atoms with Gasteiger partial charge in [-0.25, -0.2) is 8.42 Å². The number of para-hydroxylation sites is 1. The summed E-state index contributed by atoms with van der Waals surface area (Å²) in [7, 11) is -3.55. The Hall–Kier alpha value is -1.08. The molecule has 1 aliphatic rings. The van der Waals surface area contributed by atoms with Crippen molar-refractivity contribution in [2.45, 2.75) is 23.8 Å². The molecule has 7 heteroatoms. The number of rotatable bonds is 2. The Labute approximate surface area is 133 Å². The van der Waals surface area contributed by atoms with Crippen molar-refractivity contribution in [2.24, 2.45) is 0 Å². The van der Waals surface area contributed by atoms with Gasteiger partial charge in [-0.2, -0.15) is 4.31 Å². The maximum absolute atomic E-state index is 12.7. The topological polar surface area (TPSA) is 46.6 Å². The van der Waals surface area contributed by atoms with E-state index in [9.17, 15) is 8.42 Å². The predicted molar refractivity (Wildman–Crippen MR) is 83.5 cm³/mol. The Morgan fingerprint density at radius 2 is 2.05 bits per heavy atom. The van der Waals surface area contributed by atoms with E-state index in [1.165, 1.54) is 4.31 Å². The maximum Gasteiger partial charge on any atom is 0.253 e. The summed E-state index contributed by atoms with van der Waals surface area (Å²) in [4.78, 5) is 0. The summed E-state index contributed by atoms with van der Waals surface area (Å²) in [5.41, 5.74) is 0.869. The zero-order chi connectivity index (χ0) is 15.0. The summed E-state index contributed by atoms with van der Waals surface area (Å²) in [6.07, 6.45) is -0.209. The lowest BCUT2D eigenvalue weighted by atomic mass is 10.2. The molecule has 1 atom stereocenters. The van der Waals surface area contributed by atoms with Crippen LogP contribution in [0.2, 0.25) is 4.34 Å². The smallest absolute Gasteiger partial charge is 0.253 e. The molecule has 4 nitrogen and oxygen atoms in total. The SMILES string of the molecule is CC1CN(S(=O)(=O)c2ccc(Cl)s2)Cc2ccccc2O1. The number of hydrogen-bond donors (Lipinski definition) is 0. The van der Waals surface area contributed by atoms with E-state index in [1.807, 2.05) is 31.2 Å². The molecule has 0 aliphatic carbocycles. The summed E-state index contributed by atoms with van der Waals surface area (Å²) in [5, 5.41) is 0. The van der Waals surface area contributed by atoms with Crippen molar-refractivity contribution in [1.29, 1.82) is 0 Å². The highest BCUT2D eigenvalue weighted by molar-refractivity contribution is 7.91. The second-order valence-corrected chi connectivity index (χ2v) is 8.77. The molecule has 0 radical (unpaired) electrons. The monoisotopic (exact) mass is 343 g/mol. The molecule has 2 heterocycles. The Balaban J connectivity index is 1.99. The van der Waals surface area contributed by atoms with Gasteiger partial charge >= 0.3 is 0 Å². The van der Waals surface area contributed by atoms with E-state index < -0.39 is 10.0 Å². The molecule has 1 aromatic carbocycles. The molecule has 0 N–H and O–H groups in total. The number of sulfonamides is 1. The van der Waals surface area contributed by atoms with Crippen molar-refractivity contribution >= 4 is 33.0 Å². The van der Waals surface area contributed by atoms with Gasteiger partial charge in [-0.15, -0.1) is 11.3 Å². The Bertz CT molecular complexity index is 757. The van der Waals surface area contributed by atoms with Crippen LogP contribution in [0.5, 0.6) is 5.75 Å². The van der Waals surface area contributed by atoms with Crippen molar-refractivity contribution in [1.82, 2.24) is 4.31 Å². The summed E-state index contributed by atoms with van der Waals surface area (Å²) < 4.78 is 33.4. The first kappa shape index (κ1) is 14.8. The van der Waals surface area contributed by atoms with E-state index in [4.69, 9.17) is 16.3 Å². The van der Waals surface area contributed by atoms with Gasteiger partial charge in [-0.05, 0) is 25.1 Å². The first-order valence-corrected chi connectivity index (χ1v) is 9.10. The van der Waals surface area contributed by atoms with Crippen LogP contribution in [0.15, 0.2) is 40.6 Å². The number of benzene rings is 1. The minimum Gasteiger partial charge on any atom is -0.489 e. The van der Waals surface area contributed by atoms with Gasteiger partial charge in [0.15, 0.2) is 0 Å². The molecule has 112 valence electrons. The lowest BCUT2D eigenvalue weighted by Crippen LogP contribution is -2.35. The summed E-state index contributed by atoms with van der Waals surface area (Å²) in [6.45, 7) is 2.48. The highest BCUT2D eigenvalue weighted by Gasteiger charge is 2.31. The van der Waals surface area contributed by atoms with E-state index >= 15 is 0 Å². The average Bonchev–Trinajstić information content (AvgIpc) is 2.79. The van der Waals surface area contributed by atoms with Gasteiger partial charge in [0.25, 0.3) is 10.0 Å². The molecule has 0 saturated heterocycles. The molecule has 1 unspecified atom stereocenters. The van der Waals surface area contributed by atoms with Crippen molar-refractivity contribution in [2.75, 3.05) is 6.54 Å². The minimum atomic E-state index is -3.55. The van der Waals surface area contributed by atoms with Crippen LogP contribution in [0, 0.1) is 0 Å². The molecule has 0 saturated carbocycles. The molecule has 2 aromatic rings. The van der Waals surface area contributed by atoms with Gasteiger partial charge in [0.1, 0.15) is 16.1 Å². The molecule has 0 fully saturated rings. The molecule has 1 aromatic heterocycles. The van der Waals surface area contributed by atoms with E-state index in [-0.39, 0.29) is 10.3 Å². The standard InChI is InChI=1S/C14H14ClNO3S2/c1-10-8-16(9-11-4-2-3-5-12(11)19-10)21(17,18)14-7-6-13(15)20-14/h2-7,10H,8-9H2,1H3. The quantitative estimate of drug-likeness (QED) is 0.839. The summed E-state index contributed by atoms with van der Waals surface area (Å²) in [6, 6.07) is 10.7. The van der Waals surface area contributed by atoms with Gasteiger partial charge in [-0.3, -0.25) is 0 Å². The molecule has 3 rings (SSSR count). The third-order valence-corrected chi connectivity index (χ3v) is 6.76. The van der Waals surface area contributed by atoms with Crippen molar-refractivity contribution in [3.63, 3.8) is 0 Å². The van der Waals surface area contributed by atoms with Crippen LogP contribution >= 0.6 is 22.9 Å². The molecule has 21 heavy (non-hydrogen) atoms. The number of halogens is 1. The van der Waals surface area contributed by atoms with Gasteiger partial charge in [-0.1, -0.05) is 29.8 Å². The predicted octanol–water partition coefficient (Wildman–Crippen LogP) is 3.37. The van der Waals surface area contributed by atoms with Crippen molar-refractivity contribution < 1.29 is 13.2 Å². The molecule has 0 amide bonds. The van der Waals surface area contributed by atoms with E-state index in [0.717, 1.165) is 22.6 Å². The number of ether oxygens (including phenoxy) is 1. The first-order valence-electron chi connectivity index (χ1n) is 6.47. The van der Waals surface area contributed by atoms with Crippen LogP contribution in [0.4, 0.5) is 0 Å². The second-order valence-electron chi connectivity index (χ2n) is 4.89. The molecule has 1 aliphatic heterocycles. The zero-order valence-corrected chi connectivity index (χ0v) is 13.7. The molecular weight excluding hydrogens is 330 g/mol. The van der Waals surface area contributed by atoms with E-state index in [2.05, 4.69) is 0 Å². The molecule has 0 bridgehead atoms. The van der Waals surface area contributed by atoms with Gasteiger partial charge in [0.05, 0.1) is 10.9 Å². The largest absolute Gasteiger partial charge is 0.489 e. The fraction of sp³-hybridized carbons (Fsp3) is 0.286. The summed E-state index contributed by atoms with van der Waals surface area (Å²) in [5.74, 6) is 0.743. The number of hydrogen-bond acceptors (Lipinski definition) is 4. The molecule has 0 spiro atoms. The highest BCUT2D eigenvalue weighted by Crippen LogP contribution is 2.32. The molecular formula is C14H14ClNO3S2. The van der Waals surface area contributed by atoms with Gasteiger partial charge in [0, 0.05) is 12.1 Å². The van der Waals surface area contributed by atoms with Crippen LogP contribution in [0.25, 0.3) is 0 Å². The zero-order valence-electron chi connectivity index (χ0n) is 11.3. The van der Waals surface area contributed by atoms with Crippen molar-refractivity contribution in [3.8, 4) is 5.75 Å². The average molecular weight is 344 g/mol.